The quantitative estimate of drug-likeness (QED) is 0.300. The summed E-state index contributed by atoms with van der Waals surface area (Å²) in [6, 6.07) is 0. The van der Waals surface area contributed by atoms with Gasteiger partial charge in [0.05, 0.1) is 7.11 Å². The molecule has 0 aliphatic rings. The molecule has 0 aliphatic heterocycles. The van der Waals surface area contributed by atoms with Crippen LogP contribution in [0.5, 0.6) is 0 Å². The summed E-state index contributed by atoms with van der Waals surface area (Å²) in [5.41, 5.74) is 0.425. The maximum absolute atomic E-state index is 12.1. The Hall–Kier alpha value is -1.14. The highest BCUT2D eigenvalue weighted by atomic mass is 32.2. The topological polar surface area (TPSA) is 51.5 Å². The van der Waals surface area contributed by atoms with Crippen LogP contribution in [0.3, 0.4) is 0 Å². The zero-order valence-electron chi connectivity index (χ0n) is 17.1. The van der Waals surface area contributed by atoms with Crippen LogP contribution in [-0.2, 0) is 11.2 Å². The molecule has 0 aliphatic carbocycles. The summed E-state index contributed by atoms with van der Waals surface area (Å²) in [7, 11) is 1.40. The van der Waals surface area contributed by atoms with E-state index < -0.39 is 0 Å². The fourth-order valence-corrected chi connectivity index (χ4v) is 4.63. The third-order valence-corrected chi connectivity index (χ3v) is 5.51. The molecule has 1 heterocycles. The summed E-state index contributed by atoms with van der Waals surface area (Å²) < 4.78 is 4.92. The van der Waals surface area contributed by atoms with Crippen molar-refractivity contribution in [1.29, 1.82) is 0 Å². The van der Waals surface area contributed by atoms with E-state index in [4.69, 9.17) is 9.73 Å². The van der Waals surface area contributed by atoms with Crippen LogP contribution in [0.4, 0.5) is 0 Å². The number of ether oxygens (including phenoxy) is 1. The number of thioether (sulfide) groups is 1. The van der Waals surface area contributed by atoms with Gasteiger partial charge in [-0.3, -0.25) is 4.99 Å². The van der Waals surface area contributed by atoms with Crippen molar-refractivity contribution in [2.24, 2.45) is 22.7 Å². The Labute approximate surface area is 166 Å². The maximum atomic E-state index is 12.1. The summed E-state index contributed by atoms with van der Waals surface area (Å²) in [5, 5.41) is 1.64. The number of carbonyl (C=O) groups is 1. The van der Waals surface area contributed by atoms with Gasteiger partial charge in [-0.05, 0) is 35.5 Å². The van der Waals surface area contributed by atoms with Crippen molar-refractivity contribution >= 4 is 34.1 Å². The number of thiazole rings is 1. The largest absolute Gasteiger partial charge is 0.464 e. The first kappa shape index (κ1) is 22.9. The van der Waals surface area contributed by atoms with Gasteiger partial charge in [0, 0.05) is 11.4 Å². The second-order valence-corrected chi connectivity index (χ2v) is 9.91. The number of esters is 1. The minimum Gasteiger partial charge on any atom is -0.464 e. The number of carbonyl (C=O) groups excluding carboxylic acids is 1. The predicted molar refractivity (Wildman–Crippen MR) is 114 cm³/mol. The second kappa shape index (κ2) is 10.9. The van der Waals surface area contributed by atoms with Crippen molar-refractivity contribution in [3.8, 4) is 0 Å². The number of methoxy groups -OCH3 is 1. The lowest BCUT2D eigenvalue weighted by molar-refractivity contribution is 0.0593. The van der Waals surface area contributed by atoms with E-state index in [0.717, 1.165) is 39.2 Å². The number of rotatable bonds is 9. The number of hydrogen-bond donors (Lipinski definition) is 0. The van der Waals surface area contributed by atoms with Gasteiger partial charge in [0.25, 0.3) is 0 Å². The van der Waals surface area contributed by atoms with E-state index in [0.29, 0.717) is 23.4 Å². The number of aromatic nitrogens is 1. The molecule has 0 bridgehead atoms. The van der Waals surface area contributed by atoms with E-state index in [1.807, 2.05) is 0 Å². The molecule has 1 aromatic heterocycles. The minimum atomic E-state index is -0.377. The SMILES string of the molecule is C=C(CC(C)C)SC(=NCC(C)C)c1nc(C(=O)OC)c(CC(C)C)s1. The van der Waals surface area contributed by atoms with Gasteiger partial charge in [-0.15, -0.1) is 11.3 Å². The first-order chi connectivity index (χ1) is 12.1. The van der Waals surface area contributed by atoms with E-state index >= 15 is 0 Å². The van der Waals surface area contributed by atoms with Gasteiger partial charge >= 0.3 is 5.97 Å². The molecule has 1 aromatic rings. The van der Waals surface area contributed by atoms with Crippen LogP contribution in [0, 0.1) is 17.8 Å². The van der Waals surface area contributed by atoms with Crippen molar-refractivity contribution in [3.63, 3.8) is 0 Å². The monoisotopic (exact) mass is 396 g/mol. The van der Waals surface area contributed by atoms with Gasteiger partial charge in [-0.2, -0.15) is 0 Å². The number of aliphatic imine (C=N–C) groups is 1. The minimum absolute atomic E-state index is 0.377. The molecular weight excluding hydrogens is 364 g/mol. The van der Waals surface area contributed by atoms with Crippen LogP contribution in [-0.4, -0.2) is 29.7 Å². The molecule has 6 heteroatoms. The molecule has 0 saturated carbocycles. The third kappa shape index (κ3) is 7.62. The van der Waals surface area contributed by atoms with E-state index in [2.05, 4.69) is 53.1 Å². The molecule has 0 spiro atoms. The molecule has 146 valence electrons. The fraction of sp³-hybridized carbons (Fsp3) is 0.650. The first-order valence-electron chi connectivity index (χ1n) is 9.12. The molecule has 1 rings (SSSR count). The normalized spacial score (nSPS) is 12.3. The maximum Gasteiger partial charge on any atom is 0.357 e. The Morgan fingerprint density at radius 3 is 2.35 bits per heavy atom. The number of hydrogen-bond acceptors (Lipinski definition) is 6. The highest BCUT2D eigenvalue weighted by Crippen LogP contribution is 2.31. The Morgan fingerprint density at radius 2 is 1.85 bits per heavy atom. The van der Waals surface area contributed by atoms with E-state index in [9.17, 15) is 4.79 Å². The molecule has 26 heavy (non-hydrogen) atoms. The van der Waals surface area contributed by atoms with Gasteiger partial charge in [-0.25, -0.2) is 9.78 Å². The summed E-state index contributed by atoms with van der Waals surface area (Å²) in [6.07, 6.45) is 1.73. The molecule has 0 N–H and O–H groups in total. The zero-order chi connectivity index (χ0) is 19.9. The van der Waals surface area contributed by atoms with Gasteiger partial charge in [0.1, 0.15) is 10.1 Å². The standard InChI is InChI=1S/C20H32N2O2S2/c1-12(2)9-15(7)25-18(21-11-14(5)6)19-22-17(20(23)24-8)16(26-19)10-13(3)4/h12-14H,7,9-11H2,1-6,8H3. The molecule has 0 fully saturated rings. The highest BCUT2D eigenvalue weighted by Gasteiger charge is 2.22. The predicted octanol–water partition coefficient (Wildman–Crippen LogP) is 5.82. The fourth-order valence-electron chi connectivity index (χ4n) is 2.25. The third-order valence-electron chi connectivity index (χ3n) is 3.33. The molecule has 0 amide bonds. The Morgan fingerprint density at radius 1 is 1.19 bits per heavy atom. The molecule has 0 aromatic carbocycles. The van der Waals surface area contributed by atoms with Gasteiger partial charge in [0.15, 0.2) is 5.69 Å². The molecule has 0 atom stereocenters. The summed E-state index contributed by atoms with van der Waals surface area (Å²) >= 11 is 3.13. The lowest BCUT2D eigenvalue weighted by atomic mass is 10.1. The molecule has 4 nitrogen and oxygen atoms in total. The Kier molecular flexibility index (Phi) is 9.58. The van der Waals surface area contributed by atoms with Crippen LogP contribution in [0.2, 0.25) is 0 Å². The number of nitrogens with zero attached hydrogens (tertiary/aromatic N) is 2. The molecule has 0 saturated heterocycles. The van der Waals surface area contributed by atoms with Gasteiger partial charge < -0.3 is 4.74 Å². The van der Waals surface area contributed by atoms with Crippen molar-refractivity contribution in [2.75, 3.05) is 13.7 Å². The summed E-state index contributed by atoms with van der Waals surface area (Å²) in [4.78, 5) is 23.6. The molecular formula is C20H32N2O2S2. The van der Waals surface area contributed by atoms with Crippen LogP contribution in [0.1, 0.15) is 68.3 Å². The zero-order valence-corrected chi connectivity index (χ0v) is 18.7. The van der Waals surface area contributed by atoms with Gasteiger partial charge in [-0.1, -0.05) is 59.9 Å². The smallest absolute Gasteiger partial charge is 0.357 e. The highest BCUT2D eigenvalue weighted by molar-refractivity contribution is 8.17. The number of allylic oxidation sites excluding steroid dienone is 1. The summed E-state index contributed by atoms with van der Waals surface area (Å²) in [6.45, 7) is 17.8. The van der Waals surface area contributed by atoms with Crippen LogP contribution >= 0.6 is 23.1 Å². The van der Waals surface area contributed by atoms with Crippen LogP contribution in [0.15, 0.2) is 16.5 Å². The van der Waals surface area contributed by atoms with Gasteiger partial charge in [0.2, 0.25) is 0 Å². The van der Waals surface area contributed by atoms with E-state index in [-0.39, 0.29) is 5.97 Å². The van der Waals surface area contributed by atoms with Crippen molar-refractivity contribution in [1.82, 2.24) is 4.98 Å². The Bertz CT molecular complexity index is 646. The lowest BCUT2D eigenvalue weighted by Gasteiger charge is -2.09. The average Bonchev–Trinajstić information content (AvgIpc) is 2.92. The summed E-state index contributed by atoms with van der Waals surface area (Å²) in [5.74, 6) is 1.06. The van der Waals surface area contributed by atoms with Crippen LogP contribution < -0.4 is 0 Å². The Balaban J connectivity index is 3.23. The van der Waals surface area contributed by atoms with Crippen molar-refractivity contribution in [2.45, 2.75) is 54.4 Å². The van der Waals surface area contributed by atoms with E-state index in [1.165, 1.54) is 7.11 Å². The van der Waals surface area contributed by atoms with E-state index in [1.54, 1.807) is 23.1 Å². The van der Waals surface area contributed by atoms with Crippen molar-refractivity contribution in [3.05, 3.63) is 27.1 Å². The molecule has 0 unspecified atom stereocenters. The van der Waals surface area contributed by atoms with Crippen LogP contribution in [0.25, 0.3) is 0 Å². The van der Waals surface area contributed by atoms with Crippen molar-refractivity contribution < 1.29 is 9.53 Å². The second-order valence-electron chi connectivity index (χ2n) is 7.66. The lowest BCUT2D eigenvalue weighted by Crippen LogP contribution is -2.07. The molecule has 0 radical (unpaired) electrons. The average molecular weight is 397 g/mol. The first-order valence-corrected chi connectivity index (χ1v) is 10.8.